The standard InChI is InChI=1S/C11H12O3/c1-2-8(3-1)14-9-4-5-10-11(6-9)13-7-12-10/h4-6,8H,1-3,7H2. The molecule has 1 aliphatic carbocycles. The van der Waals surface area contributed by atoms with Crippen LogP contribution in [0.2, 0.25) is 0 Å². The fraction of sp³-hybridized carbons (Fsp3) is 0.455. The number of hydrogen-bond donors (Lipinski definition) is 0. The van der Waals surface area contributed by atoms with Crippen molar-refractivity contribution in [2.75, 3.05) is 6.79 Å². The van der Waals surface area contributed by atoms with Crippen molar-refractivity contribution in [3.8, 4) is 17.2 Å². The second-order valence-corrected chi connectivity index (χ2v) is 3.69. The molecule has 1 aromatic carbocycles. The van der Waals surface area contributed by atoms with Crippen LogP contribution in [0.15, 0.2) is 18.2 Å². The van der Waals surface area contributed by atoms with Gasteiger partial charge in [-0.2, -0.15) is 0 Å². The van der Waals surface area contributed by atoms with Crippen molar-refractivity contribution in [1.29, 1.82) is 0 Å². The zero-order valence-corrected chi connectivity index (χ0v) is 7.86. The minimum Gasteiger partial charge on any atom is -0.490 e. The zero-order chi connectivity index (χ0) is 9.38. The van der Waals surface area contributed by atoms with Crippen molar-refractivity contribution in [1.82, 2.24) is 0 Å². The number of fused-ring (bicyclic) bond motifs is 1. The third-order valence-corrected chi connectivity index (χ3v) is 2.70. The summed E-state index contributed by atoms with van der Waals surface area (Å²) < 4.78 is 16.2. The highest BCUT2D eigenvalue weighted by Crippen LogP contribution is 2.36. The lowest BCUT2D eigenvalue weighted by molar-refractivity contribution is 0.120. The van der Waals surface area contributed by atoms with Crippen molar-refractivity contribution >= 4 is 0 Å². The molecule has 2 aliphatic rings. The summed E-state index contributed by atoms with van der Waals surface area (Å²) in [4.78, 5) is 0. The molecule has 14 heavy (non-hydrogen) atoms. The van der Waals surface area contributed by atoms with Gasteiger partial charge in [0.2, 0.25) is 6.79 Å². The second kappa shape index (κ2) is 3.08. The average molecular weight is 192 g/mol. The Kier molecular flexibility index (Phi) is 1.76. The molecule has 3 nitrogen and oxygen atoms in total. The van der Waals surface area contributed by atoms with Gasteiger partial charge in [0.05, 0.1) is 6.10 Å². The van der Waals surface area contributed by atoms with Crippen molar-refractivity contribution in [3.63, 3.8) is 0 Å². The van der Waals surface area contributed by atoms with Crippen LogP contribution in [-0.2, 0) is 0 Å². The summed E-state index contributed by atoms with van der Waals surface area (Å²) in [6.45, 7) is 0.322. The molecule has 3 heteroatoms. The third-order valence-electron chi connectivity index (χ3n) is 2.70. The van der Waals surface area contributed by atoms with E-state index in [2.05, 4.69) is 0 Å². The van der Waals surface area contributed by atoms with E-state index in [9.17, 15) is 0 Å². The lowest BCUT2D eigenvalue weighted by Crippen LogP contribution is -2.24. The van der Waals surface area contributed by atoms with Crippen LogP contribution in [0.5, 0.6) is 17.2 Å². The molecule has 0 spiro atoms. The Labute approximate surface area is 82.6 Å². The zero-order valence-electron chi connectivity index (χ0n) is 7.86. The van der Waals surface area contributed by atoms with Crippen LogP contribution in [0.4, 0.5) is 0 Å². The molecule has 1 aromatic rings. The molecule has 0 bridgehead atoms. The highest BCUT2D eigenvalue weighted by Gasteiger charge is 2.20. The van der Waals surface area contributed by atoms with Gasteiger partial charge in [0.15, 0.2) is 11.5 Å². The van der Waals surface area contributed by atoms with Crippen LogP contribution < -0.4 is 14.2 Å². The fourth-order valence-electron chi connectivity index (χ4n) is 1.63. The number of benzene rings is 1. The molecular weight excluding hydrogens is 180 g/mol. The van der Waals surface area contributed by atoms with Crippen molar-refractivity contribution in [3.05, 3.63) is 18.2 Å². The molecule has 0 radical (unpaired) electrons. The van der Waals surface area contributed by atoms with Gasteiger partial charge >= 0.3 is 0 Å². The normalized spacial score (nSPS) is 19.1. The first-order chi connectivity index (χ1) is 6.92. The van der Waals surface area contributed by atoms with Gasteiger partial charge in [-0.3, -0.25) is 0 Å². The molecular formula is C11H12O3. The highest BCUT2D eigenvalue weighted by atomic mass is 16.7. The van der Waals surface area contributed by atoms with Gasteiger partial charge in [0, 0.05) is 6.07 Å². The molecule has 0 aromatic heterocycles. The third kappa shape index (κ3) is 1.29. The first-order valence-electron chi connectivity index (χ1n) is 4.98. The van der Waals surface area contributed by atoms with Crippen LogP contribution >= 0.6 is 0 Å². The first kappa shape index (κ1) is 7.97. The molecule has 1 fully saturated rings. The quantitative estimate of drug-likeness (QED) is 0.719. The molecule has 0 unspecified atom stereocenters. The second-order valence-electron chi connectivity index (χ2n) is 3.69. The highest BCUT2D eigenvalue weighted by molar-refractivity contribution is 5.46. The van der Waals surface area contributed by atoms with E-state index >= 15 is 0 Å². The van der Waals surface area contributed by atoms with Gasteiger partial charge in [-0.05, 0) is 31.4 Å². The predicted molar refractivity (Wildman–Crippen MR) is 50.8 cm³/mol. The van der Waals surface area contributed by atoms with Crippen molar-refractivity contribution < 1.29 is 14.2 Å². The van der Waals surface area contributed by atoms with Crippen LogP contribution in [-0.4, -0.2) is 12.9 Å². The van der Waals surface area contributed by atoms with E-state index in [4.69, 9.17) is 14.2 Å². The van der Waals surface area contributed by atoms with Gasteiger partial charge in [0.1, 0.15) is 5.75 Å². The maximum Gasteiger partial charge on any atom is 0.231 e. The van der Waals surface area contributed by atoms with Gasteiger partial charge in [-0.1, -0.05) is 0 Å². The minimum atomic E-state index is 0.322. The molecule has 3 rings (SSSR count). The molecule has 1 saturated carbocycles. The summed E-state index contributed by atoms with van der Waals surface area (Å²) in [7, 11) is 0. The Balaban J connectivity index is 1.78. The Bertz CT molecular complexity index is 344. The van der Waals surface area contributed by atoms with Crippen LogP contribution in [0, 0.1) is 0 Å². The van der Waals surface area contributed by atoms with E-state index in [-0.39, 0.29) is 0 Å². The summed E-state index contributed by atoms with van der Waals surface area (Å²) in [5, 5.41) is 0. The predicted octanol–water partition coefficient (Wildman–Crippen LogP) is 2.35. The largest absolute Gasteiger partial charge is 0.490 e. The van der Waals surface area contributed by atoms with Crippen LogP contribution in [0.25, 0.3) is 0 Å². The van der Waals surface area contributed by atoms with Gasteiger partial charge in [0.25, 0.3) is 0 Å². The first-order valence-corrected chi connectivity index (χ1v) is 4.98. The minimum absolute atomic E-state index is 0.322. The molecule has 0 N–H and O–H groups in total. The van der Waals surface area contributed by atoms with Gasteiger partial charge < -0.3 is 14.2 Å². The summed E-state index contributed by atoms with van der Waals surface area (Å²) in [5.41, 5.74) is 0. The van der Waals surface area contributed by atoms with E-state index in [0.717, 1.165) is 17.2 Å². The van der Waals surface area contributed by atoms with Crippen molar-refractivity contribution in [2.24, 2.45) is 0 Å². The van der Waals surface area contributed by atoms with E-state index in [1.165, 1.54) is 19.3 Å². The van der Waals surface area contributed by atoms with Crippen LogP contribution in [0.1, 0.15) is 19.3 Å². The average Bonchev–Trinajstić information content (AvgIpc) is 2.58. The summed E-state index contributed by atoms with van der Waals surface area (Å²) in [6, 6.07) is 5.74. The molecule has 0 amide bonds. The SMILES string of the molecule is c1cc2c(cc1OC1CCC1)OCO2. The van der Waals surface area contributed by atoms with E-state index < -0.39 is 0 Å². The molecule has 74 valence electrons. The summed E-state index contributed by atoms with van der Waals surface area (Å²) in [5.74, 6) is 2.49. The van der Waals surface area contributed by atoms with E-state index in [1.54, 1.807) is 0 Å². The van der Waals surface area contributed by atoms with E-state index in [1.807, 2.05) is 18.2 Å². The number of rotatable bonds is 2. The van der Waals surface area contributed by atoms with Crippen LogP contribution in [0.3, 0.4) is 0 Å². The topological polar surface area (TPSA) is 27.7 Å². The Morgan fingerprint density at radius 1 is 1.14 bits per heavy atom. The molecule has 0 atom stereocenters. The monoisotopic (exact) mass is 192 g/mol. The summed E-state index contributed by atoms with van der Waals surface area (Å²) >= 11 is 0. The maximum atomic E-state index is 5.74. The molecule has 0 saturated heterocycles. The fourth-order valence-corrected chi connectivity index (χ4v) is 1.63. The Morgan fingerprint density at radius 3 is 2.79 bits per heavy atom. The Morgan fingerprint density at radius 2 is 2.00 bits per heavy atom. The molecule has 1 heterocycles. The van der Waals surface area contributed by atoms with E-state index in [0.29, 0.717) is 12.9 Å². The molecule has 1 aliphatic heterocycles. The lowest BCUT2D eigenvalue weighted by atomic mass is 9.96. The smallest absolute Gasteiger partial charge is 0.231 e. The lowest BCUT2D eigenvalue weighted by Gasteiger charge is -2.26. The van der Waals surface area contributed by atoms with Crippen molar-refractivity contribution in [2.45, 2.75) is 25.4 Å². The number of hydrogen-bond acceptors (Lipinski definition) is 3. The van der Waals surface area contributed by atoms with Gasteiger partial charge in [-0.25, -0.2) is 0 Å². The Hall–Kier alpha value is -1.38. The maximum absolute atomic E-state index is 5.74. The summed E-state index contributed by atoms with van der Waals surface area (Å²) in [6.07, 6.45) is 4.05. The van der Waals surface area contributed by atoms with Gasteiger partial charge in [-0.15, -0.1) is 0 Å². The number of ether oxygens (including phenoxy) is 3.